The Morgan fingerprint density at radius 2 is 1.84 bits per heavy atom. The quantitative estimate of drug-likeness (QED) is 0.210. The summed E-state index contributed by atoms with van der Waals surface area (Å²) in [5.74, 6) is 1.06. The normalized spacial score (nSPS) is 19.1. The summed E-state index contributed by atoms with van der Waals surface area (Å²) in [4.78, 5) is 23.9. The number of rotatable bonds is 2. The number of aliphatic hydroxyl groups excluding tert-OH is 1. The first kappa shape index (κ1) is 35.1. The second-order valence-corrected chi connectivity index (χ2v) is 13.1. The molecule has 0 spiro atoms. The van der Waals surface area contributed by atoms with Crippen LogP contribution in [-0.2, 0) is 6.18 Å². The maximum Gasteiger partial charge on any atom is 0.451 e. The van der Waals surface area contributed by atoms with Gasteiger partial charge >= 0.3 is 6.18 Å². The predicted octanol–water partition coefficient (Wildman–Crippen LogP) is 8.63. The summed E-state index contributed by atoms with van der Waals surface area (Å²) in [7, 11) is 0. The van der Waals surface area contributed by atoms with Crippen molar-refractivity contribution in [3.8, 4) is 12.5 Å². The van der Waals surface area contributed by atoms with E-state index in [0.29, 0.717) is 46.5 Å². The Labute approximate surface area is 264 Å². The molecule has 0 saturated carbocycles. The summed E-state index contributed by atoms with van der Waals surface area (Å²) in [6.07, 6.45) is 5.28. The van der Waals surface area contributed by atoms with Crippen LogP contribution in [0, 0.1) is 18.4 Å². The van der Waals surface area contributed by atoms with E-state index in [2.05, 4.69) is 42.1 Å². The van der Waals surface area contributed by atoms with Crippen LogP contribution in [0.25, 0.3) is 22.1 Å². The van der Waals surface area contributed by atoms with Crippen LogP contribution >= 0.6 is 23.4 Å². The molecule has 2 N–H and O–H groups in total. The molecule has 5 heterocycles. The molecule has 1 unspecified atom stereocenters. The van der Waals surface area contributed by atoms with Crippen molar-refractivity contribution < 1.29 is 22.7 Å². The number of fused-ring (bicyclic) bond motifs is 3. The van der Waals surface area contributed by atoms with Crippen LogP contribution < -0.4 is 10.5 Å². The maximum absolute atomic E-state index is 13.1. The average molecular weight is 651 g/mol. The monoisotopic (exact) mass is 650 g/mol. The first-order valence-corrected chi connectivity index (χ1v) is 15.8. The van der Waals surface area contributed by atoms with Crippen molar-refractivity contribution in [2.75, 3.05) is 23.7 Å². The molecule has 2 fully saturated rings. The molecule has 2 atom stereocenters. The number of terminal acetylenes is 1. The lowest BCUT2D eigenvalue weighted by atomic mass is 9.82. The van der Waals surface area contributed by atoms with Gasteiger partial charge in [0, 0.05) is 35.0 Å². The lowest BCUT2D eigenvalue weighted by molar-refractivity contribution is -0.144. The minimum Gasteiger partial charge on any atom is -0.462 e. The third-order valence-electron chi connectivity index (χ3n) is 7.29. The molecule has 1 aromatic carbocycles. The Hall–Kier alpha value is -3.36. The van der Waals surface area contributed by atoms with Crippen LogP contribution in [0.5, 0.6) is 0 Å². The lowest BCUT2D eigenvalue weighted by Crippen LogP contribution is -2.33. The molecule has 2 saturated heterocycles. The van der Waals surface area contributed by atoms with Crippen molar-refractivity contribution in [3.63, 3.8) is 0 Å². The zero-order chi connectivity index (χ0) is 32.7. The van der Waals surface area contributed by atoms with Gasteiger partial charge in [0.15, 0.2) is 11.4 Å². The number of H-pyrrole nitrogens is 1. The van der Waals surface area contributed by atoms with Crippen molar-refractivity contribution in [1.29, 1.82) is 0 Å². The van der Waals surface area contributed by atoms with Crippen LogP contribution in [0.1, 0.15) is 71.2 Å². The third kappa shape index (κ3) is 8.42. The van der Waals surface area contributed by atoms with Crippen LogP contribution in [0.3, 0.4) is 0 Å². The van der Waals surface area contributed by atoms with Gasteiger partial charge in [0.05, 0.1) is 5.02 Å². The van der Waals surface area contributed by atoms with Crippen molar-refractivity contribution in [2.45, 2.75) is 70.7 Å². The SMILES string of the molecule is C#CO.CC.C[C@H]1CSC(C)(C)CC1c1cc(Cl)c[nH]c1=O.FC(F)(F)c1nc(N2CCCC2)c2oc3ccccc3c2n1. The van der Waals surface area contributed by atoms with Gasteiger partial charge in [0.2, 0.25) is 5.82 Å². The van der Waals surface area contributed by atoms with E-state index < -0.39 is 12.0 Å². The molecule has 12 heteroatoms. The van der Waals surface area contributed by atoms with E-state index in [9.17, 15) is 18.0 Å². The van der Waals surface area contributed by atoms with E-state index in [1.807, 2.05) is 36.6 Å². The number of nitrogens with one attached hydrogen (secondary N) is 1. The van der Waals surface area contributed by atoms with E-state index in [1.165, 1.54) is 6.11 Å². The lowest BCUT2D eigenvalue weighted by Gasteiger charge is -2.38. The van der Waals surface area contributed by atoms with Gasteiger partial charge in [-0.05, 0) is 55.1 Å². The first-order valence-electron chi connectivity index (χ1n) is 14.5. The van der Waals surface area contributed by atoms with E-state index in [4.69, 9.17) is 21.1 Å². The smallest absolute Gasteiger partial charge is 0.451 e. The molecule has 0 amide bonds. The molecule has 238 valence electrons. The Morgan fingerprint density at radius 1 is 1.20 bits per heavy atom. The van der Waals surface area contributed by atoms with E-state index in [0.717, 1.165) is 30.6 Å². The maximum atomic E-state index is 13.1. The van der Waals surface area contributed by atoms with Gasteiger partial charge in [-0.2, -0.15) is 24.9 Å². The Morgan fingerprint density at radius 3 is 2.48 bits per heavy atom. The summed E-state index contributed by atoms with van der Waals surface area (Å²) in [6.45, 7) is 12.1. The highest BCUT2D eigenvalue weighted by Gasteiger charge is 2.37. The molecule has 0 aliphatic carbocycles. The number of para-hydroxylation sites is 1. The fourth-order valence-corrected chi connectivity index (χ4v) is 6.69. The van der Waals surface area contributed by atoms with Crippen LogP contribution in [0.4, 0.5) is 19.0 Å². The highest BCUT2D eigenvalue weighted by Crippen LogP contribution is 2.45. The highest BCUT2D eigenvalue weighted by atomic mass is 35.5. The number of aromatic amines is 1. The van der Waals surface area contributed by atoms with Crippen molar-refractivity contribution in [3.05, 3.63) is 63.3 Å². The van der Waals surface area contributed by atoms with Crippen LogP contribution in [0.2, 0.25) is 5.02 Å². The largest absolute Gasteiger partial charge is 0.462 e. The molecular formula is C32H38ClF3N4O3S. The fourth-order valence-electron chi connectivity index (χ4n) is 5.27. The summed E-state index contributed by atoms with van der Waals surface area (Å²) < 4.78 is 45.3. The van der Waals surface area contributed by atoms with Crippen molar-refractivity contribution in [2.24, 2.45) is 5.92 Å². The van der Waals surface area contributed by atoms with Crippen molar-refractivity contribution >= 4 is 51.2 Å². The molecule has 0 radical (unpaired) electrons. The minimum atomic E-state index is -4.58. The third-order valence-corrected chi connectivity index (χ3v) is 9.15. The number of thioether (sulfide) groups is 1. The van der Waals surface area contributed by atoms with Gasteiger partial charge in [0.1, 0.15) is 17.2 Å². The average Bonchev–Trinajstić information content (AvgIpc) is 3.65. The van der Waals surface area contributed by atoms with E-state index in [1.54, 1.807) is 30.5 Å². The fraction of sp³-hybridized carbons (Fsp3) is 0.469. The number of hydrogen-bond acceptors (Lipinski definition) is 7. The van der Waals surface area contributed by atoms with Crippen molar-refractivity contribution in [1.82, 2.24) is 15.0 Å². The molecule has 7 nitrogen and oxygen atoms in total. The number of hydrogen-bond donors (Lipinski definition) is 2. The predicted molar refractivity (Wildman–Crippen MR) is 173 cm³/mol. The number of alkyl halides is 3. The Bertz CT molecular complexity index is 1640. The number of benzene rings is 1. The number of anilines is 1. The number of aromatic nitrogens is 3. The molecule has 2 aliphatic rings. The standard InChI is InChI=1S/C15H12F3N3O.C13H18ClNOS.C2H2O.C2H6/c16-15(17,18)14-19-11-9-5-1-2-6-10(9)22-12(11)13(20-14)21-7-3-4-8-21;1-8-7-17-13(2,3)5-11(8)10-4-9(14)6-15-12(10)16;1-2-3;1-2/h1-2,5-6H,3-4,7-8H2;4,6,8,11H,5,7H2,1-3H3,(H,15,16);1,3H;1-2H3/t;8-,11?;;/m.0../s1. The highest BCUT2D eigenvalue weighted by molar-refractivity contribution is 8.00. The van der Waals surface area contributed by atoms with Gasteiger partial charge in [-0.15, -0.1) is 0 Å². The topological polar surface area (TPSA) is 95.2 Å². The molecule has 6 rings (SSSR count). The zero-order valence-corrected chi connectivity index (χ0v) is 27.0. The molecule has 3 aromatic heterocycles. The Kier molecular flexibility index (Phi) is 12.0. The molecule has 44 heavy (non-hydrogen) atoms. The zero-order valence-electron chi connectivity index (χ0n) is 25.5. The number of halogens is 4. The van der Waals surface area contributed by atoms with Gasteiger partial charge in [-0.1, -0.05) is 64.8 Å². The van der Waals surface area contributed by atoms with Gasteiger partial charge < -0.3 is 19.4 Å². The summed E-state index contributed by atoms with van der Waals surface area (Å²) >= 11 is 7.97. The second kappa shape index (κ2) is 15.1. The van der Waals surface area contributed by atoms with Gasteiger partial charge in [0.25, 0.3) is 5.56 Å². The molecular weight excluding hydrogens is 613 g/mol. The molecule has 4 aromatic rings. The number of aliphatic hydroxyl groups is 1. The second-order valence-electron chi connectivity index (χ2n) is 10.9. The number of nitrogens with zero attached hydrogens (tertiary/aromatic N) is 3. The molecule has 2 aliphatic heterocycles. The van der Waals surface area contributed by atoms with E-state index >= 15 is 0 Å². The van der Waals surface area contributed by atoms with Gasteiger partial charge in [-0.25, -0.2) is 9.97 Å². The summed E-state index contributed by atoms with van der Waals surface area (Å²) in [5.41, 5.74) is 1.93. The first-order chi connectivity index (χ1) is 20.8. The van der Waals surface area contributed by atoms with E-state index in [-0.39, 0.29) is 21.6 Å². The molecule has 0 bridgehead atoms. The van der Waals surface area contributed by atoms with Gasteiger partial charge in [-0.3, -0.25) is 4.79 Å². The summed E-state index contributed by atoms with van der Waals surface area (Å²) in [5, 5.41) is 8.29. The number of furan rings is 1. The number of pyridine rings is 1. The summed E-state index contributed by atoms with van der Waals surface area (Å²) in [6, 6.07) is 8.79. The van der Waals surface area contributed by atoms with Crippen LogP contribution in [0.15, 0.2) is 45.7 Å². The minimum absolute atomic E-state index is 0.00829. The Balaban J connectivity index is 0.000000216. The van der Waals surface area contributed by atoms with Crippen LogP contribution in [-0.4, -0.2) is 43.6 Å².